The summed E-state index contributed by atoms with van der Waals surface area (Å²) in [7, 11) is 2.15. The SMILES string of the molecule is CCN(CC)CCN(C)CCCC[C]=O. The summed E-state index contributed by atoms with van der Waals surface area (Å²) in [6.45, 7) is 10.0. The molecule has 0 aliphatic carbocycles. The third kappa shape index (κ3) is 8.58. The molecule has 1 radical (unpaired) electrons. The molecule has 15 heavy (non-hydrogen) atoms. The minimum Gasteiger partial charge on any atom is -0.305 e. The van der Waals surface area contributed by atoms with Gasteiger partial charge in [-0.05, 0) is 39.5 Å². The molecule has 0 rings (SSSR count). The van der Waals surface area contributed by atoms with E-state index in [9.17, 15) is 4.79 Å². The summed E-state index contributed by atoms with van der Waals surface area (Å²) in [5.41, 5.74) is 0. The number of likely N-dealkylation sites (N-methyl/N-ethyl adjacent to an activating group) is 2. The van der Waals surface area contributed by atoms with E-state index in [0.717, 1.165) is 45.6 Å². The number of hydrogen-bond donors (Lipinski definition) is 0. The van der Waals surface area contributed by atoms with Crippen molar-refractivity contribution in [3.05, 3.63) is 0 Å². The van der Waals surface area contributed by atoms with Crippen LogP contribution in [0.3, 0.4) is 0 Å². The van der Waals surface area contributed by atoms with Gasteiger partial charge in [0, 0.05) is 19.5 Å². The van der Waals surface area contributed by atoms with Crippen LogP contribution in [-0.4, -0.2) is 55.9 Å². The normalized spacial score (nSPS) is 11.3. The van der Waals surface area contributed by atoms with Crippen LogP contribution in [0, 0.1) is 0 Å². The fourth-order valence-corrected chi connectivity index (χ4v) is 1.54. The standard InChI is InChI=1S/C12H25N2O/c1-4-14(5-2)11-10-13(3)9-7-6-8-12-15/h4-11H2,1-3H3. The van der Waals surface area contributed by atoms with E-state index < -0.39 is 0 Å². The van der Waals surface area contributed by atoms with Crippen molar-refractivity contribution in [1.82, 2.24) is 9.80 Å². The molecule has 0 bridgehead atoms. The second-order valence-corrected chi connectivity index (χ2v) is 3.93. The summed E-state index contributed by atoms with van der Waals surface area (Å²) < 4.78 is 0. The van der Waals surface area contributed by atoms with Gasteiger partial charge < -0.3 is 9.80 Å². The minimum absolute atomic E-state index is 0.587. The van der Waals surface area contributed by atoms with Crippen molar-refractivity contribution in [3.63, 3.8) is 0 Å². The van der Waals surface area contributed by atoms with Crippen molar-refractivity contribution in [2.75, 3.05) is 39.8 Å². The molecule has 0 spiro atoms. The van der Waals surface area contributed by atoms with Crippen LogP contribution in [0.25, 0.3) is 0 Å². The van der Waals surface area contributed by atoms with Crippen molar-refractivity contribution < 1.29 is 4.79 Å². The fraction of sp³-hybridized carbons (Fsp3) is 0.917. The average Bonchev–Trinajstić information content (AvgIpc) is 2.26. The number of carbonyl (C=O) groups excluding carboxylic acids is 1. The van der Waals surface area contributed by atoms with Gasteiger partial charge in [0.05, 0.1) is 0 Å². The molecule has 0 aliphatic heterocycles. The monoisotopic (exact) mass is 213 g/mol. The Morgan fingerprint density at radius 3 is 2.20 bits per heavy atom. The molecule has 0 aromatic heterocycles. The Hall–Kier alpha value is -0.410. The Balaban J connectivity index is 3.39. The Morgan fingerprint density at radius 1 is 1.00 bits per heavy atom. The molecule has 0 atom stereocenters. The molecule has 0 aliphatic rings. The molecular formula is C12H25N2O. The summed E-state index contributed by atoms with van der Waals surface area (Å²) in [5, 5.41) is 0. The Kier molecular flexibility index (Phi) is 9.84. The van der Waals surface area contributed by atoms with Crippen LogP contribution >= 0.6 is 0 Å². The van der Waals surface area contributed by atoms with E-state index in [-0.39, 0.29) is 0 Å². The van der Waals surface area contributed by atoms with Crippen LogP contribution < -0.4 is 0 Å². The first-order valence-corrected chi connectivity index (χ1v) is 6.00. The molecule has 0 amide bonds. The molecule has 0 heterocycles. The molecule has 0 saturated heterocycles. The molecule has 89 valence electrons. The molecule has 0 fully saturated rings. The molecular weight excluding hydrogens is 188 g/mol. The molecule has 3 nitrogen and oxygen atoms in total. The largest absolute Gasteiger partial charge is 0.305 e. The average molecular weight is 213 g/mol. The van der Waals surface area contributed by atoms with E-state index in [1.54, 1.807) is 0 Å². The first kappa shape index (κ1) is 14.6. The van der Waals surface area contributed by atoms with Gasteiger partial charge in [-0.15, -0.1) is 0 Å². The fourth-order valence-electron chi connectivity index (χ4n) is 1.54. The topological polar surface area (TPSA) is 23.6 Å². The van der Waals surface area contributed by atoms with Crippen LogP contribution in [0.1, 0.15) is 33.1 Å². The van der Waals surface area contributed by atoms with Gasteiger partial charge >= 0.3 is 0 Å². The van der Waals surface area contributed by atoms with Crippen molar-refractivity contribution in [2.24, 2.45) is 0 Å². The van der Waals surface area contributed by atoms with Crippen LogP contribution in [0.15, 0.2) is 0 Å². The van der Waals surface area contributed by atoms with Gasteiger partial charge in [-0.25, -0.2) is 0 Å². The first-order chi connectivity index (χ1) is 7.24. The Morgan fingerprint density at radius 2 is 1.67 bits per heavy atom. The van der Waals surface area contributed by atoms with Crippen LogP contribution in [0.4, 0.5) is 0 Å². The second kappa shape index (κ2) is 10.1. The van der Waals surface area contributed by atoms with Crippen LogP contribution in [-0.2, 0) is 4.79 Å². The van der Waals surface area contributed by atoms with Crippen molar-refractivity contribution in [1.29, 1.82) is 0 Å². The molecule has 0 unspecified atom stereocenters. The lowest BCUT2D eigenvalue weighted by molar-refractivity contribution is 0.238. The lowest BCUT2D eigenvalue weighted by Gasteiger charge is -2.22. The van der Waals surface area contributed by atoms with E-state index in [2.05, 4.69) is 30.7 Å². The summed E-state index contributed by atoms with van der Waals surface area (Å²) in [5.74, 6) is 0. The number of nitrogens with zero attached hydrogens (tertiary/aromatic N) is 2. The predicted octanol–water partition coefficient (Wildman–Crippen LogP) is 1.54. The van der Waals surface area contributed by atoms with E-state index in [4.69, 9.17) is 0 Å². The second-order valence-electron chi connectivity index (χ2n) is 3.93. The zero-order chi connectivity index (χ0) is 11.5. The molecule has 0 aromatic carbocycles. The third-order valence-electron chi connectivity index (χ3n) is 2.76. The van der Waals surface area contributed by atoms with Crippen molar-refractivity contribution >= 4 is 6.29 Å². The van der Waals surface area contributed by atoms with Gasteiger partial charge in [0.1, 0.15) is 0 Å². The van der Waals surface area contributed by atoms with Gasteiger partial charge in [0.15, 0.2) is 6.29 Å². The molecule has 0 aromatic rings. The van der Waals surface area contributed by atoms with E-state index >= 15 is 0 Å². The smallest absolute Gasteiger partial charge is 0.198 e. The summed E-state index contributed by atoms with van der Waals surface area (Å²) >= 11 is 0. The zero-order valence-electron chi connectivity index (χ0n) is 10.5. The number of unbranched alkanes of at least 4 members (excludes halogenated alkanes) is 2. The van der Waals surface area contributed by atoms with E-state index in [1.165, 1.54) is 0 Å². The highest BCUT2D eigenvalue weighted by Gasteiger charge is 2.02. The van der Waals surface area contributed by atoms with Gasteiger partial charge in [-0.3, -0.25) is 4.79 Å². The van der Waals surface area contributed by atoms with Gasteiger partial charge in [0.2, 0.25) is 0 Å². The van der Waals surface area contributed by atoms with Gasteiger partial charge in [0.25, 0.3) is 0 Å². The molecule has 0 N–H and O–H groups in total. The highest BCUT2D eigenvalue weighted by molar-refractivity contribution is 5.50. The minimum atomic E-state index is 0.587. The van der Waals surface area contributed by atoms with Crippen molar-refractivity contribution in [3.8, 4) is 0 Å². The van der Waals surface area contributed by atoms with Gasteiger partial charge in [-0.1, -0.05) is 13.8 Å². The summed E-state index contributed by atoms with van der Waals surface area (Å²) in [6.07, 6.45) is 4.59. The third-order valence-corrected chi connectivity index (χ3v) is 2.76. The Bertz CT molecular complexity index is 147. The summed E-state index contributed by atoms with van der Waals surface area (Å²) in [4.78, 5) is 14.8. The van der Waals surface area contributed by atoms with Crippen LogP contribution in [0.2, 0.25) is 0 Å². The van der Waals surface area contributed by atoms with Crippen LogP contribution in [0.5, 0.6) is 0 Å². The predicted molar refractivity (Wildman–Crippen MR) is 64.8 cm³/mol. The molecule has 3 heteroatoms. The summed E-state index contributed by atoms with van der Waals surface area (Å²) in [6, 6.07) is 0. The highest BCUT2D eigenvalue weighted by atomic mass is 16.1. The maximum atomic E-state index is 10.00. The zero-order valence-corrected chi connectivity index (χ0v) is 10.5. The highest BCUT2D eigenvalue weighted by Crippen LogP contribution is 1.96. The quantitative estimate of drug-likeness (QED) is 0.514. The maximum absolute atomic E-state index is 10.00. The Labute approximate surface area is 94.4 Å². The van der Waals surface area contributed by atoms with E-state index in [0.29, 0.717) is 6.42 Å². The lowest BCUT2D eigenvalue weighted by Crippen LogP contribution is -2.33. The number of rotatable bonds is 10. The maximum Gasteiger partial charge on any atom is 0.198 e. The number of hydrogen-bond acceptors (Lipinski definition) is 3. The molecule has 0 saturated carbocycles. The lowest BCUT2D eigenvalue weighted by atomic mass is 10.2. The van der Waals surface area contributed by atoms with Gasteiger partial charge in [-0.2, -0.15) is 0 Å². The van der Waals surface area contributed by atoms with E-state index in [1.807, 2.05) is 6.29 Å². The first-order valence-electron chi connectivity index (χ1n) is 6.00. The van der Waals surface area contributed by atoms with Crippen molar-refractivity contribution in [2.45, 2.75) is 33.1 Å².